The van der Waals surface area contributed by atoms with E-state index in [9.17, 15) is 14.3 Å². The number of piperidine rings is 1. The maximum absolute atomic E-state index is 13.7. The van der Waals surface area contributed by atoms with Crippen LogP contribution in [0, 0.1) is 5.82 Å². The molecule has 5 rings (SSSR count). The Labute approximate surface area is 184 Å². The number of rotatable bonds is 4. The Bertz CT molecular complexity index is 1160. The molecule has 160 valence electrons. The second kappa shape index (κ2) is 8.38. The van der Waals surface area contributed by atoms with Gasteiger partial charge in [-0.05, 0) is 73.8 Å². The number of hydrogen-bond donors (Lipinski definition) is 1. The number of carboxylic acid groups (broad SMARTS) is 1. The van der Waals surface area contributed by atoms with E-state index in [1.807, 2.05) is 0 Å². The van der Waals surface area contributed by atoms with Gasteiger partial charge in [-0.1, -0.05) is 12.1 Å². The topological polar surface area (TPSA) is 65.8 Å². The van der Waals surface area contributed by atoms with Gasteiger partial charge in [-0.2, -0.15) is 0 Å². The third kappa shape index (κ3) is 3.82. The summed E-state index contributed by atoms with van der Waals surface area (Å²) in [6.45, 7) is 1.87. The summed E-state index contributed by atoms with van der Waals surface area (Å²) in [7, 11) is 0. The lowest BCUT2D eigenvalue weighted by atomic mass is 9.87. The Hall–Kier alpha value is -2.80. The Morgan fingerprint density at radius 2 is 1.84 bits per heavy atom. The van der Waals surface area contributed by atoms with Gasteiger partial charge in [0.05, 0.1) is 6.34 Å². The van der Waals surface area contributed by atoms with E-state index in [0.717, 1.165) is 79.4 Å². The Morgan fingerprint density at radius 3 is 2.58 bits per heavy atom. The standard InChI is InChI=1S/C24H24FN3O2S/c25-16-10-8-15(9-11-16)19-17-6-2-3-7-18(17)27-23-20(19)21(22(31-23)24(29)30)26-14-28-12-4-1-5-13-28/h8-11,14H,1-7,12-13H2,(H,29,30). The normalized spacial score (nSPS) is 16.7. The molecular formula is C24H24FN3O2S. The third-order valence-corrected chi connectivity index (χ3v) is 7.22. The van der Waals surface area contributed by atoms with Crippen LogP contribution in [-0.4, -0.2) is 40.4 Å². The number of aromatic nitrogens is 1. The molecule has 2 aliphatic rings. The quantitative estimate of drug-likeness (QED) is 0.412. The zero-order valence-corrected chi connectivity index (χ0v) is 18.1. The molecule has 0 atom stereocenters. The zero-order chi connectivity index (χ0) is 21.4. The van der Waals surface area contributed by atoms with E-state index < -0.39 is 5.97 Å². The first-order valence-corrected chi connectivity index (χ1v) is 11.7. The number of thiophene rings is 1. The van der Waals surface area contributed by atoms with E-state index >= 15 is 0 Å². The molecule has 2 aromatic heterocycles. The molecule has 31 heavy (non-hydrogen) atoms. The first-order chi connectivity index (χ1) is 15.1. The molecule has 3 heterocycles. The van der Waals surface area contributed by atoms with Crippen molar-refractivity contribution in [3.05, 3.63) is 46.2 Å². The van der Waals surface area contributed by atoms with Crippen molar-refractivity contribution in [1.29, 1.82) is 0 Å². The van der Waals surface area contributed by atoms with Crippen LogP contribution in [0.4, 0.5) is 10.1 Å². The Balaban J connectivity index is 1.76. The van der Waals surface area contributed by atoms with E-state index in [0.29, 0.717) is 10.5 Å². The van der Waals surface area contributed by atoms with E-state index in [1.54, 1.807) is 18.5 Å². The van der Waals surface area contributed by atoms with Crippen LogP contribution < -0.4 is 0 Å². The number of fused-ring (bicyclic) bond motifs is 2. The molecule has 0 spiro atoms. The fraction of sp³-hybridized carbons (Fsp3) is 0.375. The van der Waals surface area contributed by atoms with Crippen molar-refractivity contribution < 1.29 is 14.3 Å². The van der Waals surface area contributed by atoms with Gasteiger partial charge in [0.15, 0.2) is 0 Å². The van der Waals surface area contributed by atoms with Crippen LogP contribution in [0.25, 0.3) is 21.3 Å². The van der Waals surface area contributed by atoms with Gasteiger partial charge >= 0.3 is 5.97 Å². The molecule has 3 aromatic rings. The van der Waals surface area contributed by atoms with Gasteiger partial charge in [-0.3, -0.25) is 0 Å². The van der Waals surface area contributed by atoms with Gasteiger partial charge in [0.2, 0.25) is 0 Å². The van der Waals surface area contributed by atoms with Gasteiger partial charge in [0.25, 0.3) is 0 Å². The summed E-state index contributed by atoms with van der Waals surface area (Å²) in [5.41, 5.74) is 4.50. The SMILES string of the molecule is O=C(O)c1sc2nc3c(c(-c4ccc(F)cc4)c2c1N=CN1CCCCC1)CCCC3. The number of aryl methyl sites for hydroxylation is 1. The fourth-order valence-electron chi connectivity index (χ4n) is 4.65. The second-order valence-electron chi connectivity index (χ2n) is 8.23. The van der Waals surface area contributed by atoms with E-state index in [-0.39, 0.29) is 10.7 Å². The Kier molecular flexibility index (Phi) is 5.44. The lowest BCUT2D eigenvalue weighted by Crippen LogP contribution is -2.28. The molecule has 0 saturated carbocycles. The number of aliphatic imine (C=N–C) groups is 1. The van der Waals surface area contributed by atoms with Crippen molar-refractivity contribution in [1.82, 2.24) is 9.88 Å². The summed E-state index contributed by atoms with van der Waals surface area (Å²) < 4.78 is 13.7. The number of aromatic carboxylic acids is 1. The summed E-state index contributed by atoms with van der Waals surface area (Å²) in [4.78, 5) is 24.7. The summed E-state index contributed by atoms with van der Waals surface area (Å²) in [6, 6.07) is 6.46. The lowest BCUT2D eigenvalue weighted by molar-refractivity contribution is 0.0703. The number of halogens is 1. The molecule has 0 unspecified atom stereocenters. The van der Waals surface area contributed by atoms with Crippen LogP contribution >= 0.6 is 11.3 Å². The molecule has 0 bridgehead atoms. The molecule has 0 amide bonds. The number of carbonyl (C=O) groups is 1. The first kappa shape index (κ1) is 20.1. The minimum Gasteiger partial charge on any atom is -0.477 e. The highest BCUT2D eigenvalue weighted by Gasteiger charge is 2.26. The van der Waals surface area contributed by atoms with E-state index in [4.69, 9.17) is 9.98 Å². The van der Waals surface area contributed by atoms with Crippen LogP contribution in [0.5, 0.6) is 0 Å². The highest BCUT2D eigenvalue weighted by atomic mass is 32.1. The molecule has 1 aromatic carbocycles. The minimum absolute atomic E-state index is 0.210. The average Bonchev–Trinajstić information content (AvgIpc) is 3.16. The number of pyridine rings is 1. The zero-order valence-electron chi connectivity index (χ0n) is 17.2. The average molecular weight is 438 g/mol. The monoisotopic (exact) mass is 437 g/mol. The predicted octanol–water partition coefficient (Wildman–Crippen LogP) is 5.83. The van der Waals surface area contributed by atoms with E-state index in [1.165, 1.54) is 29.9 Å². The van der Waals surface area contributed by atoms with Gasteiger partial charge in [0.1, 0.15) is 21.2 Å². The number of nitrogens with zero attached hydrogens (tertiary/aromatic N) is 3. The number of hydrogen-bond acceptors (Lipinski definition) is 4. The molecule has 5 nitrogen and oxygen atoms in total. The number of carboxylic acids is 1. The fourth-order valence-corrected chi connectivity index (χ4v) is 5.64. The Morgan fingerprint density at radius 1 is 1.10 bits per heavy atom. The van der Waals surface area contributed by atoms with Crippen molar-refractivity contribution >= 4 is 39.5 Å². The maximum atomic E-state index is 13.7. The smallest absolute Gasteiger partial charge is 0.348 e. The largest absolute Gasteiger partial charge is 0.477 e. The van der Waals surface area contributed by atoms with Gasteiger partial charge in [-0.25, -0.2) is 19.2 Å². The minimum atomic E-state index is -0.989. The maximum Gasteiger partial charge on any atom is 0.348 e. The molecule has 1 saturated heterocycles. The molecule has 1 fully saturated rings. The molecule has 7 heteroatoms. The van der Waals surface area contributed by atoms with Crippen LogP contribution in [-0.2, 0) is 12.8 Å². The lowest BCUT2D eigenvalue weighted by Gasteiger charge is -2.24. The van der Waals surface area contributed by atoms with Gasteiger partial charge in [0, 0.05) is 24.2 Å². The van der Waals surface area contributed by atoms with Crippen molar-refractivity contribution in [2.24, 2.45) is 4.99 Å². The van der Waals surface area contributed by atoms with Gasteiger partial charge < -0.3 is 10.0 Å². The van der Waals surface area contributed by atoms with Crippen molar-refractivity contribution in [2.45, 2.75) is 44.9 Å². The highest BCUT2D eigenvalue weighted by molar-refractivity contribution is 7.21. The number of benzene rings is 1. The van der Waals surface area contributed by atoms with Gasteiger partial charge in [-0.15, -0.1) is 11.3 Å². The molecule has 1 N–H and O–H groups in total. The summed E-state index contributed by atoms with van der Waals surface area (Å²) in [5, 5.41) is 10.7. The molecular weight excluding hydrogens is 413 g/mol. The third-order valence-electron chi connectivity index (χ3n) is 6.16. The molecule has 1 aliphatic heterocycles. The van der Waals surface area contributed by atoms with Crippen LogP contribution in [0.15, 0.2) is 29.3 Å². The van der Waals surface area contributed by atoms with Crippen LogP contribution in [0.1, 0.15) is 53.0 Å². The second-order valence-corrected chi connectivity index (χ2v) is 9.23. The first-order valence-electron chi connectivity index (χ1n) is 10.9. The van der Waals surface area contributed by atoms with Crippen molar-refractivity contribution in [2.75, 3.05) is 13.1 Å². The van der Waals surface area contributed by atoms with Crippen LogP contribution in [0.3, 0.4) is 0 Å². The van der Waals surface area contributed by atoms with Crippen LogP contribution in [0.2, 0.25) is 0 Å². The predicted molar refractivity (Wildman–Crippen MR) is 122 cm³/mol. The van der Waals surface area contributed by atoms with Crippen molar-refractivity contribution in [3.63, 3.8) is 0 Å². The molecule has 0 radical (unpaired) electrons. The highest BCUT2D eigenvalue weighted by Crippen LogP contribution is 2.46. The number of likely N-dealkylation sites (tertiary alicyclic amines) is 1. The molecule has 1 aliphatic carbocycles. The summed E-state index contributed by atoms with van der Waals surface area (Å²) >= 11 is 1.19. The van der Waals surface area contributed by atoms with Crippen molar-refractivity contribution in [3.8, 4) is 11.1 Å². The summed E-state index contributed by atoms with van der Waals surface area (Å²) in [5.74, 6) is -1.28. The summed E-state index contributed by atoms with van der Waals surface area (Å²) in [6.07, 6.45) is 9.17. The van der Waals surface area contributed by atoms with E-state index in [2.05, 4.69) is 4.90 Å².